The van der Waals surface area contributed by atoms with Crippen LogP contribution in [0.25, 0.3) is 33.6 Å². The number of rotatable bonds is 10. The number of benzene rings is 3. The number of imidazole rings is 2. The molecule has 326 valence electrons. The van der Waals surface area contributed by atoms with Gasteiger partial charge in [0.1, 0.15) is 23.7 Å². The van der Waals surface area contributed by atoms with Crippen molar-refractivity contribution in [2.75, 3.05) is 14.2 Å². The summed E-state index contributed by atoms with van der Waals surface area (Å²) in [6, 6.07) is 22.4. The molecule has 2 aliphatic heterocycles. The molecular formula is C50H50N8O6. The zero-order valence-electron chi connectivity index (χ0n) is 35.8. The third-order valence-electron chi connectivity index (χ3n) is 14.2. The van der Waals surface area contributed by atoms with E-state index in [1.807, 2.05) is 64.6 Å². The van der Waals surface area contributed by atoms with Crippen LogP contribution < -0.4 is 10.6 Å². The van der Waals surface area contributed by atoms with Crippen LogP contribution >= 0.6 is 0 Å². The van der Waals surface area contributed by atoms with Crippen molar-refractivity contribution in [3.8, 4) is 33.6 Å². The van der Waals surface area contributed by atoms with Crippen LogP contribution in [0.3, 0.4) is 0 Å². The molecule has 5 aromatic rings. The van der Waals surface area contributed by atoms with E-state index in [1.54, 1.807) is 0 Å². The summed E-state index contributed by atoms with van der Waals surface area (Å²) in [7, 11) is 2.61. The molecule has 0 radical (unpaired) electrons. The summed E-state index contributed by atoms with van der Waals surface area (Å²) >= 11 is 0. The molecule has 4 heterocycles. The highest BCUT2D eigenvalue weighted by molar-refractivity contribution is 5.91. The van der Waals surface area contributed by atoms with Crippen LogP contribution in [0.5, 0.6) is 0 Å². The number of ether oxygens (including phenoxy) is 2. The van der Waals surface area contributed by atoms with Crippen molar-refractivity contribution in [1.29, 1.82) is 0 Å². The molecule has 14 heteroatoms. The molecule has 6 aliphatic rings. The van der Waals surface area contributed by atoms with Crippen molar-refractivity contribution in [2.24, 2.45) is 11.8 Å². The second kappa shape index (κ2) is 16.0. The molecule has 0 spiro atoms. The molecule has 4 fully saturated rings. The maximum Gasteiger partial charge on any atom is 0.407 e. The minimum atomic E-state index is -0.870. The molecule has 3 aromatic carbocycles. The Morgan fingerprint density at radius 2 is 1.38 bits per heavy atom. The van der Waals surface area contributed by atoms with E-state index in [2.05, 4.69) is 63.1 Å². The van der Waals surface area contributed by atoms with Gasteiger partial charge in [0, 0.05) is 23.3 Å². The standard InChI is InChI=1S/C50H50N8O6/c1-63-49(61)55-42(29-9-5-3-6-10-29)47(59)57-38-22-33(38)24-40(57)45-51-26-37(53-45)28-15-13-27(14-16-28)31-17-19-35-32(21-31)18-20-36-44(35)54-46(52-36)41-25-34-23-39(34)58(41)48(60)43(56-50(62)64-2)30-11-7-4-8-12-30/h3,5-7,9-17,19,21,26,33-34,38-43H,4,8,18,20,22-25H2,1-2H3,(H,51,53)(H,52,54)(H,55,61)(H,56,62)/t33?,34-,38?,39-,40+,41+,42-,43-/m1/s1. The number of H-pyrrole nitrogens is 2. The summed E-state index contributed by atoms with van der Waals surface area (Å²) in [4.78, 5) is 74.4. The Balaban J connectivity index is 0.797. The van der Waals surface area contributed by atoms with Gasteiger partial charge in [0.25, 0.3) is 11.8 Å². The van der Waals surface area contributed by atoms with Crippen molar-refractivity contribution in [3.63, 3.8) is 0 Å². The highest BCUT2D eigenvalue weighted by Crippen LogP contribution is 2.55. The number of allylic oxidation sites excluding steroid dienone is 2. The van der Waals surface area contributed by atoms with Crippen LogP contribution in [0.2, 0.25) is 0 Å². The predicted octanol–water partition coefficient (Wildman–Crippen LogP) is 7.65. The fourth-order valence-electron chi connectivity index (χ4n) is 10.7. The largest absolute Gasteiger partial charge is 0.453 e. The molecule has 2 unspecified atom stereocenters. The van der Waals surface area contributed by atoms with Crippen LogP contribution in [0, 0.1) is 11.8 Å². The summed E-state index contributed by atoms with van der Waals surface area (Å²) in [5.41, 5.74) is 9.92. The minimum Gasteiger partial charge on any atom is -0.453 e. The van der Waals surface area contributed by atoms with E-state index < -0.39 is 24.3 Å². The number of amides is 4. The van der Waals surface area contributed by atoms with Crippen molar-refractivity contribution in [3.05, 3.63) is 131 Å². The zero-order chi connectivity index (χ0) is 43.6. The first kappa shape index (κ1) is 39.9. The first-order chi connectivity index (χ1) is 31.3. The molecule has 4 amide bonds. The highest BCUT2D eigenvalue weighted by Gasteiger charge is 2.57. The number of carbonyl (C=O) groups excluding carboxylic acids is 4. The van der Waals surface area contributed by atoms with Gasteiger partial charge in [-0.05, 0) is 96.6 Å². The normalized spacial score (nSPS) is 24.3. The Labute approximate surface area is 370 Å². The Morgan fingerprint density at radius 3 is 2.06 bits per heavy atom. The molecule has 14 nitrogen and oxygen atoms in total. The molecule has 64 heavy (non-hydrogen) atoms. The van der Waals surface area contributed by atoms with Gasteiger partial charge in [-0.15, -0.1) is 0 Å². The molecule has 0 bridgehead atoms. The lowest BCUT2D eigenvalue weighted by Gasteiger charge is -2.31. The number of carbonyl (C=O) groups is 4. The topological polar surface area (TPSA) is 175 Å². The van der Waals surface area contributed by atoms with Crippen LogP contribution in [-0.4, -0.2) is 86.1 Å². The van der Waals surface area contributed by atoms with Crippen LogP contribution in [0.15, 0.2) is 103 Å². The van der Waals surface area contributed by atoms with E-state index in [4.69, 9.17) is 19.4 Å². The number of piperidine rings is 2. The van der Waals surface area contributed by atoms with E-state index in [-0.39, 0.29) is 36.0 Å². The fraction of sp³-hybridized carbons (Fsp3) is 0.360. The van der Waals surface area contributed by atoms with Crippen molar-refractivity contribution < 1.29 is 28.7 Å². The number of aromatic amines is 2. The SMILES string of the molecule is COC(=O)N[C@@H](C(=O)N1[C@@H]2C[C@@H]2C[C@H]1c1nc2c([nH]1)CCc1cc(-c3ccc(-c4cnc([C@@H]5CC6CC6N5C(=O)[C@H](NC(=O)OC)c5ccccc5)[nH]4)cc3)ccc1-2)C1=CCCC=C1. The van der Waals surface area contributed by atoms with Gasteiger partial charge in [0.05, 0.1) is 43.9 Å². The van der Waals surface area contributed by atoms with Gasteiger partial charge in [-0.2, -0.15) is 0 Å². The lowest BCUT2D eigenvalue weighted by molar-refractivity contribution is -0.136. The maximum atomic E-state index is 14.3. The van der Waals surface area contributed by atoms with Gasteiger partial charge in [-0.25, -0.2) is 19.6 Å². The summed E-state index contributed by atoms with van der Waals surface area (Å²) < 4.78 is 9.80. The number of nitrogens with one attached hydrogen (secondary N) is 4. The first-order valence-electron chi connectivity index (χ1n) is 22.4. The second-order valence-corrected chi connectivity index (χ2v) is 17.9. The van der Waals surface area contributed by atoms with E-state index in [0.29, 0.717) is 17.4 Å². The highest BCUT2D eigenvalue weighted by atomic mass is 16.5. The Hall–Kier alpha value is -6.96. The lowest BCUT2D eigenvalue weighted by Crippen LogP contribution is -2.50. The third kappa shape index (κ3) is 7.14. The third-order valence-corrected chi connectivity index (χ3v) is 14.2. The molecule has 4 aliphatic carbocycles. The average molecular weight is 859 g/mol. The van der Waals surface area contributed by atoms with Crippen LogP contribution in [0.1, 0.15) is 85.1 Å². The average Bonchev–Trinajstić information content (AvgIpc) is 3.95. The number of aromatic nitrogens is 4. The van der Waals surface area contributed by atoms with Gasteiger partial charge in [0.15, 0.2) is 0 Å². The molecule has 2 saturated carbocycles. The Morgan fingerprint density at radius 1 is 0.719 bits per heavy atom. The summed E-state index contributed by atoms with van der Waals surface area (Å²) in [5.74, 6) is 2.09. The van der Waals surface area contributed by atoms with Gasteiger partial charge in [-0.1, -0.05) is 91.0 Å². The Bertz CT molecular complexity index is 2720. The number of nitrogens with zero attached hydrogens (tertiary/aromatic N) is 4. The molecule has 2 saturated heterocycles. The lowest BCUT2D eigenvalue weighted by atomic mass is 9.89. The number of likely N-dealkylation sites (tertiary alicyclic amines) is 2. The van der Waals surface area contributed by atoms with Gasteiger partial charge < -0.3 is 39.9 Å². The minimum absolute atomic E-state index is 0.117. The molecule has 4 N–H and O–H groups in total. The number of alkyl carbamates (subject to hydrolysis) is 2. The smallest absolute Gasteiger partial charge is 0.407 e. The van der Waals surface area contributed by atoms with Gasteiger partial charge >= 0.3 is 12.2 Å². The number of hydrogen-bond donors (Lipinski definition) is 4. The predicted molar refractivity (Wildman–Crippen MR) is 237 cm³/mol. The molecular weight excluding hydrogens is 809 g/mol. The fourth-order valence-corrected chi connectivity index (χ4v) is 10.7. The molecule has 2 aromatic heterocycles. The van der Waals surface area contributed by atoms with Gasteiger partial charge in [0.2, 0.25) is 0 Å². The van der Waals surface area contributed by atoms with Crippen molar-refractivity contribution in [2.45, 2.75) is 87.6 Å². The van der Waals surface area contributed by atoms with Crippen LogP contribution in [0.4, 0.5) is 9.59 Å². The number of aryl methyl sites for hydroxylation is 2. The summed E-state index contributed by atoms with van der Waals surface area (Å²) in [6.07, 6.45) is 13.5. The zero-order valence-corrected chi connectivity index (χ0v) is 35.8. The van der Waals surface area contributed by atoms with Crippen molar-refractivity contribution >= 4 is 24.0 Å². The maximum absolute atomic E-state index is 14.3. The van der Waals surface area contributed by atoms with E-state index in [0.717, 1.165) is 108 Å². The molecule has 8 atom stereocenters. The van der Waals surface area contributed by atoms with E-state index in [1.165, 1.54) is 19.8 Å². The first-order valence-corrected chi connectivity index (χ1v) is 22.4. The number of fused-ring (bicyclic) bond motifs is 5. The number of methoxy groups -OCH3 is 2. The monoisotopic (exact) mass is 858 g/mol. The summed E-state index contributed by atoms with van der Waals surface area (Å²) in [6.45, 7) is 0. The second-order valence-electron chi connectivity index (χ2n) is 17.9. The molecule has 11 rings (SSSR count). The number of hydrogen-bond acceptors (Lipinski definition) is 8. The van der Waals surface area contributed by atoms with E-state index in [9.17, 15) is 19.2 Å². The van der Waals surface area contributed by atoms with Crippen molar-refractivity contribution in [1.82, 2.24) is 40.4 Å². The van der Waals surface area contributed by atoms with E-state index >= 15 is 0 Å². The van der Waals surface area contributed by atoms with Crippen LogP contribution in [-0.2, 0) is 31.9 Å². The Kier molecular flexibility index (Phi) is 9.96. The quantitative estimate of drug-likeness (QED) is 0.111. The summed E-state index contributed by atoms with van der Waals surface area (Å²) in [5, 5.41) is 5.58. The van der Waals surface area contributed by atoms with Gasteiger partial charge in [-0.3, -0.25) is 9.59 Å².